The van der Waals surface area contributed by atoms with Crippen molar-refractivity contribution in [2.45, 2.75) is 12.8 Å². The van der Waals surface area contributed by atoms with E-state index in [1.807, 2.05) is 0 Å². The van der Waals surface area contributed by atoms with Gasteiger partial charge in [-0.3, -0.25) is 10.1 Å². The molecule has 7 heteroatoms. The molecule has 1 aliphatic heterocycles. The molecule has 0 bridgehead atoms. The zero-order valence-corrected chi connectivity index (χ0v) is 11.4. The Hall–Kier alpha value is -1.21. The molecule has 0 atom stereocenters. The molecule has 0 aliphatic carbocycles. The van der Waals surface area contributed by atoms with Crippen molar-refractivity contribution in [3.05, 3.63) is 26.9 Å². The fourth-order valence-corrected chi connectivity index (χ4v) is 2.22. The standard InChI is InChI=1S/C11H14BrN3O3/c12-9-5-10(15(16)17)11(14-6-9)18-7-8-1-3-13-4-2-8/h5-6,8,13H,1-4,7H2. The van der Waals surface area contributed by atoms with Crippen molar-refractivity contribution in [1.29, 1.82) is 0 Å². The molecule has 98 valence electrons. The van der Waals surface area contributed by atoms with Gasteiger partial charge in [0.25, 0.3) is 5.88 Å². The van der Waals surface area contributed by atoms with Crippen LogP contribution < -0.4 is 10.1 Å². The fourth-order valence-electron chi connectivity index (χ4n) is 1.90. The molecule has 1 aromatic heterocycles. The monoisotopic (exact) mass is 315 g/mol. The van der Waals surface area contributed by atoms with E-state index in [0.29, 0.717) is 17.0 Å². The molecular formula is C11H14BrN3O3. The lowest BCUT2D eigenvalue weighted by atomic mass is 9.99. The fraction of sp³-hybridized carbons (Fsp3) is 0.545. The van der Waals surface area contributed by atoms with Crippen LogP contribution in [0.15, 0.2) is 16.7 Å². The van der Waals surface area contributed by atoms with Gasteiger partial charge in [-0.1, -0.05) is 0 Å². The summed E-state index contributed by atoms with van der Waals surface area (Å²) in [6, 6.07) is 1.41. The summed E-state index contributed by atoms with van der Waals surface area (Å²) in [5.41, 5.74) is -0.0988. The lowest BCUT2D eigenvalue weighted by Crippen LogP contribution is -2.30. The molecule has 1 N–H and O–H groups in total. The van der Waals surface area contributed by atoms with E-state index in [-0.39, 0.29) is 11.6 Å². The maximum Gasteiger partial charge on any atom is 0.332 e. The smallest absolute Gasteiger partial charge is 0.332 e. The average molecular weight is 316 g/mol. The van der Waals surface area contributed by atoms with Crippen LogP contribution in [0.1, 0.15) is 12.8 Å². The Labute approximate surface area is 113 Å². The summed E-state index contributed by atoms with van der Waals surface area (Å²) in [7, 11) is 0. The number of hydrogen-bond donors (Lipinski definition) is 1. The molecule has 0 spiro atoms. The van der Waals surface area contributed by atoms with Gasteiger partial charge in [0.05, 0.1) is 11.5 Å². The molecule has 0 amide bonds. The zero-order valence-electron chi connectivity index (χ0n) is 9.76. The quantitative estimate of drug-likeness (QED) is 0.680. The lowest BCUT2D eigenvalue weighted by molar-refractivity contribution is -0.386. The highest BCUT2D eigenvalue weighted by molar-refractivity contribution is 9.10. The van der Waals surface area contributed by atoms with Gasteiger partial charge in [-0.15, -0.1) is 0 Å². The van der Waals surface area contributed by atoms with Crippen molar-refractivity contribution in [1.82, 2.24) is 10.3 Å². The van der Waals surface area contributed by atoms with Crippen LogP contribution in [0, 0.1) is 16.0 Å². The summed E-state index contributed by atoms with van der Waals surface area (Å²) in [5.74, 6) is 0.540. The molecule has 1 saturated heterocycles. The van der Waals surface area contributed by atoms with Crippen LogP contribution in [0.5, 0.6) is 5.88 Å². The number of hydrogen-bond acceptors (Lipinski definition) is 5. The average Bonchev–Trinajstić information content (AvgIpc) is 2.38. The number of halogens is 1. The molecule has 0 saturated carbocycles. The first-order valence-corrected chi connectivity index (χ1v) is 6.59. The summed E-state index contributed by atoms with van der Waals surface area (Å²) in [6.07, 6.45) is 3.57. The first-order chi connectivity index (χ1) is 8.66. The second kappa shape index (κ2) is 6.10. The lowest BCUT2D eigenvalue weighted by Gasteiger charge is -2.22. The molecule has 2 rings (SSSR count). The summed E-state index contributed by atoms with van der Waals surface area (Å²) in [5, 5.41) is 14.1. The number of nitrogens with zero attached hydrogens (tertiary/aromatic N) is 2. The van der Waals surface area contributed by atoms with Gasteiger partial charge in [-0.25, -0.2) is 4.98 Å². The molecule has 0 aromatic carbocycles. The van der Waals surface area contributed by atoms with Gasteiger partial charge in [-0.2, -0.15) is 0 Å². The largest absolute Gasteiger partial charge is 0.473 e. The summed E-state index contributed by atoms with van der Waals surface area (Å²) < 4.78 is 6.06. The topological polar surface area (TPSA) is 77.3 Å². The van der Waals surface area contributed by atoms with E-state index in [1.165, 1.54) is 12.3 Å². The summed E-state index contributed by atoms with van der Waals surface area (Å²) in [4.78, 5) is 14.4. The number of nitro groups is 1. The van der Waals surface area contributed by atoms with E-state index in [1.54, 1.807) is 0 Å². The number of nitrogens with one attached hydrogen (secondary N) is 1. The Kier molecular flexibility index (Phi) is 4.48. The van der Waals surface area contributed by atoms with Crippen LogP contribution in [-0.2, 0) is 0 Å². The minimum Gasteiger partial charge on any atom is -0.473 e. The first-order valence-electron chi connectivity index (χ1n) is 5.80. The number of aromatic nitrogens is 1. The van der Waals surface area contributed by atoms with Crippen LogP contribution in [0.3, 0.4) is 0 Å². The van der Waals surface area contributed by atoms with Gasteiger partial charge in [0.2, 0.25) is 0 Å². The molecule has 2 heterocycles. The van der Waals surface area contributed by atoms with Crippen molar-refractivity contribution >= 4 is 21.6 Å². The van der Waals surface area contributed by atoms with Crippen molar-refractivity contribution < 1.29 is 9.66 Å². The number of pyridine rings is 1. The van der Waals surface area contributed by atoms with Crippen LogP contribution in [0.25, 0.3) is 0 Å². The number of rotatable bonds is 4. The van der Waals surface area contributed by atoms with Crippen LogP contribution in [-0.4, -0.2) is 29.6 Å². The highest BCUT2D eigenvalue weighted by Crippen LogP contribution is 2.28. The van der Waals surface area contributed by atoms with Crippen molar-refractivity contribution in [3.63, 3.8) is 0 Å². The van der Waals surface area contributed by atoms with Gasteiger partial charge in [0, 0.05) is 16.7 Å². The van der Waals surface area contributed by atoms with E-state index in [9.17, 15) is 10.1 Å². The Bertz CT molecular complexity index is 436. The highest BCUT2D eigenvalue weighted by Gasteiger charge is 2.20. The molecular weight excluding hydrogens is 302 g/mol. The van der Waals surface area contributed by atoms with Crippen LogP contribution in [0.2, 0.25) is 0 Å². The predicted molar refractivity (Wildman–Crippen MR) is 69.7 cm³/mol. The van der Waals surface area contributed by atoms with Crippen molar-refractivity contribution in [3.8, 4) is 5.88 Å². The third-order valence-electron chi connectivity index (χ3n) is 2.91. The Morgan fingerprint density at radius 1 is 1.56 bits per heavy atom. The predicted octanol–water partition coefficient (Wildman–Crippen LogP) is 2.13. The first kappa shape index (κ1) is 13.2. The third-order valence-corrected chi connectivity index (χ3v) is 3.34. The van der Waals surface area contributed by atoms with Crippen LogP contribution in [0.4, 0.5) is 5.69 Å². The van der Waals surface area contributed by atoms with Gasteiger partial charge in [0.15, 0.2) is 0 Å². The summed E-state index contributed by atoms with van der Waals surface area (Å²) in [6.45, 7) is 2.44. The number of piperidine rings is 1. The maximum atomic E-state index is 10.9. The van der Waals surface area contributed by atoms with Crippen molar-refractivity contribution in [2.75, 3.05) is 19.7 Å². The van der Waals surface area contributed by atoms with E-state index in [0.717, 1.165) is 25.9 Å². The van der Waals surface area contributed by atoms with E-state index in [4.69, 9.17) is 4.74 Å². The second-order valence-corrected chi connectivity index (χ2v) is 5.15. The summed E-state index contributed by atoms with van der Waals surface area (Å²) >= 11 is 3.16. The molecule has 1 aromatic rings. The highest BCUT2D eigenvalue weighted by atomic mass is 79.9. The van der Waals surface area contributed by atoms with E-state index in [2.05, 4.69) is 26.2 Å². The normalized spacial score (nSPS) is 16.5. The SMILES string of the molecule is O=[N+]([O-])c1cc(Br)cnc1OCC1CCNCC1. The molecule has 0 radical (unpaired) electrons. The minimum absolute atomic E-state index is 0.0988. The Balaban J connectivity index is 2.01. The Morgan fingerprint density at radius 3 is 2.94 bits per heavy atom. The molecule has 1 fully saturated rings. The number of ether oxygens (including phenoxy) is 1. The van der Waals surface area contributed by atoms with Gasteiger partial charge in [0.1, 0.15) is 0 Å². The molecule has 0 unspecified atom stereocenters. The molecule has 18 heavy (non-hydrogen) atoms. The van der Waals surface area contributed by atoms with E-state index < -0.39 is 4.92 Å². The maximum absolute atomic E-state index is 10.9. The zero-order chi connectivity index (χ0) is 13.0. The van der Waals surface area contributed by atoms with Gasteiger partial charge in [-0.05, 0) is 47.8 Å². The van der Waals surface area contributed by atoms with Crippen molar-refractivity contribution in [2.24, 2.45) is 5.92 Å². The molecule has 1 aliphatic rings. The molecule has 6 nitrogen and oxygen atoms in total. The van der Waals surface area contributed by atoms with Gasteiger partial charge < -0.3 is 10.1 Å². The van der Waals surface area contributed by atoms with Crippen LogP contribution >= 0.6 is 15.9 Å². The minimum atomic E-state index is -0.477. The van der Waals surface area contributed by atoms with Gasteiger partial charge >= 0.3 is 5.69 Å². The van der Waals surface area contributed by atoms with E-state index >= 15 is 0 Å². The second-order valence-electron chi connectivity index (χ2n) is 4.24. The Morgan fingerprint density at radius 2 is 2.28 bits per heavy atom. The third kappa shape index (κ3) is 3.39.